The van der Waals surface area contributed by atoms with Crippen molar-refractivity contribution in [3.8, 4) is 5.75 Å². The number of hydrogen-bond donors (Lipinski definition) is 1. The Hall–Kier alpha value is -1.92. The van der Waals surface area contributed by atoms with Gasteiger partial charge in [-0.3, -0.25) is 14.7 Å². The fourth-order valence-corrected chi connectivity index (χ4v) is 6.09. The van der Waals surface area contributed by atoms with Crippen molar-refractivity contribution in [3.05, 3.63) is 65.7 Å². The van der Waals surface area contributed by atoms with Crippen molar-refractivity contribution in [1.82, 2.24) is 14.7 Å². The molecule has 2 aliphatic rings. The third-order valence-corrected chi connectivity index (χ3v) is 8.18. The smallest absolute Gasteiger partial charge is 0.166 e. The second-order valence-corrected chi connectivity index (χ2v) is 10.2. The zero-order chi connectivity index (χ0) is 23.5. The molecule has 4 rings (SSSR count). The number of benzene rings is 2. The van der Waals surface area contributed by atoms with Crippen molar-refractivity contribution < 1.29 is 9.84 Å². The predicted molar refractivity (Wildman–Crippen MR) is 134 cm³/mol. The molecule has 5 nitrogen and oxygen atoms in total. The topological polar surface area (TPSA) is 39.2 Å². The van der Waals surface area contributed by atoms with Crippen molar-refractivity contribution in [1.29, 1.82) is 0 Å². The summed E-state index contributed by atoms with van der Waals surface area (Å²) in [4.78, 5) is 7.11. The zero-order valence-corrected chi connectivity index (χ0v) is 20.8. The Morgan fingerprint density at radius 1 is 1.00 bits per heavy atom. The van der Waals surface area contributed by atoms with E-state index in [9.17, 15) is 5.11 Å². The molecule has 1 aliphatic carbocycles. The Kier molecular flexibility index (Phi) is 7.44. The normalized spacial score (nSPS) is 28.6. The number of hydrogen-bond acceptors (Lipinski definition) is 5. The molecule has 0 bridgehead atoms. The third-order valence-electron chi connectivity index (χ3n) is 8.18. The SMILES string of the molecule is CCCCN1C(O)N(Cc2ccc(OC)cc2)C[C@]12CC[C@](c1ccccc1)(N(C)C)CC2. The van der Waals surface area contributed by atoms with E-state index in [0.717, 1.165) is 63.9 Å². The van der Waals surface area contributed by atoms with Gasteiger partial charge in [0.15, 0.2) is 6.35 Å². The Balaban J connectivity index is 1.55. The van der Waals surface area contributed by atoms with Crippen LogP contribution in [-0.4, -0.2) is 66.0 Å². The maximum atomic E-state index is 11.4. The average molecular weight is 452 g/mol. The van der Waals surface area contributed by atoms with E-state index in [1.54, 1.807) is 7.11 Å². The zero-order valence-electron chi connectivity index (χ0n) is 20.8. The van der Waals surface area contributed by atoms with Crippen molar-refractivity contribution in [3.63, 3.8) is 0 Å². The summed E-state index contributed by atoms with van der Waals surface area (Å²) in [7, 11) is 6.14. The molecule has 0 aromatic heterocycles. The number of nitrogens with zero attached hydrogens (tertiary/aromatic N) is 3. The lowest BCUT2D eigenvalue weighted by molar-refractivity contribution is -0.0940. The van der Waals surface area contributed by atoms with Crippen LogP contribution in [0.15, 0.2) is 54.6 Å². The van der Waals surface area contributed by atoms with Crippen LogP contribution in [0, 0.1) is 0 Å². The van der Waals surface area contributed by atoms with Gasteiger partial charge in [0, 0.05) is 30.7 Å². The Labute approximate surface area is 200 Å². The molecule has 1 aliphatic heterocycles. The Morgan fingerprint density at radius 2 is 1.67 bits per heavy atom. The summed E-state index contributed by atoms with van der Waals surface area (Å²) in [6.07, 6.45) is 6.14. The van der Waals surface area contributed by atoms with Crippen LogP contribution in [-0.2, 0) is 12.1 Å². The molecular formula is C28H41N3O2. The largest absolute Gasteiger partial charge is 0.497 e. The standard InChI is InChI=1S/C28H41N3O2/c1-5-6-20-31-26(32)30(21-23-12-14-25(33-4)15-13-23)22-27(31)16-18-28(19-17-27,29(2)3)24-10-8-7-9-11-24/h7-15,26,32H,5-6,16-22H2,1-4H3/t26?,27-,28+. The Bertz CT molecular complexity index is 876. The molecule has 33 heavy (non-hydrogen) atoms. The highest BCUT2D eigenvalue weighted by molar-refractivity contribution is 5.28. The first-order valence-electron chi connectivity index (χ1n) is 12.5. The van der Waals surface area contributed by atoms with Gasteiger partial charge in [0.25, 0.3) is 0 Å². The number of unbranched alkanes of at least 4 members (excludes halogenated alkanes) is 1. The van der Waals surface area contributed by atoms with E-state index in [1.165, 1.54) is 11.1 Å². The molecule has 1 saturated heterocycles. The second kappa shape index (κ2) is 10.1. The minimum atomic E-state index is -0.526. The maximum Gasteiger partial charge on any atom is 0.166 e. The first-order chi connectivity index (χ1) is 15.9. The van der Waals surface area contributed by atoms with Gasteiger partial charge in [-0.25, -0.2) is 0 Å². The maximum absolute atomic E-state index is 11.4. The highest BCUT2D eigenvalue weighted by Gasteiger charge is 2.54. The highest BCUT2D eigenvalue weighted by Crippen LogP contribution is 2.49. The van der Waals surface area contributed by atoms with Crippen LogP contribution in [0.2, 0.25) is 0 Å². The van der Waals surface area contributed by atoms with Crippen LogP contribution in [0.1, 0.15) is 56.6 Å². The molecule has 2 fully saturated rings. The Morgan fingerprint density at radius 3 is 2.24 bits per heavy atom. The molecule has 180 valence electrons. The van der Waals surface area contributed by atoms with Gasteiger partial charge in [0.1, 0.15) is 5.75 Å². The molecule has 0 amide bonds. The summed E-state index contributed by atoms with van der Waals surface area (Å²) < 4.78 is 5.31. The average Bonchev–Trinajstić information content (AvgIpc) is 3.09. The monoisotopic (exact) mass is 451 g/mol. The van der Waals surface area contributed by atoms with E-state index in [0.29, 0.717) is 0 Å². The van der Waals surface area contributed by atoms with E-state index in [4.69, 9.17) is 4.74 Å². The minimum Gasteiger partial charge on any atom is -0.497 e. The van der Waals surface area contributed by atoms with E-state index in [2.05, 4.69) is 78.2 Å². The second-order valence-electron chi connectivity index (χ2n) is 10.2. The number of aliphatic hydroxyl groups excluding tert-OH is 1. The van der Waals surface area contributed by atoms with Gasteiger partial charge < -0.3 is 9.84 Å². The summed E-state index contributed by atoms with van der Waals surface area (Å²) in [5, 5.41) is 11.4. The molecule has 2 aromatic rings. The van der Waals surface area contributed by atoms with Crippen LogP contribution >= 0.6 is 0 Å². The molecule has 1 atom stereocenters. The molecule has 1 saturated carbocycles. The van der Waals surface area contributed by atoms with E-state index >= 15 is 0 Å². The first-order valence-corrected chi connectivity index (χ1v) is 12.5. The highest BCUT2D eigenvalue weighted by atomic mass is 16.5. The molecule has 1 spiro atoms. The molecule has 1 N–H and O–H groups in total. The fraction of sp³-hybridized carbons (Fsp3) is 0.571. The van der Waals surface area contributed by atoms with Gasteiger partial charge in [-0.1, -0.05) is 55.8 Å². The van der Waals surface area contributed by atoms with E-state index in [1.807, 2.05) is 12.1 Å². The van der Waals surface area contributed by atoms with Gasteiger partial charge in [-0.2, -0.15) is 0 Å². The lowest BCUT2D eigenvalue weighted by atomic mass is 9.68. The van der Waals surface area contributed by atoms with E-state index in [-0.39, 0.29) is 11.1 Å². The minimum absolute atomic E-state index is 0.0371. The predicted octanol–water partition coefficient (Wildman–Crippen LogP) is 4.66. The van der Waals surface area contributed by atoms with Crippen LogP contribution in [0.25, 0.3) is 0 Å². The van der Waals surface area contributed by atoms with Gasteiger partial charge in [-0.05, 0) is 69.5 Å². The van der Waals surface area contributed by atoms with E-state index < -0.39 is 6.35 Å². The number of ether oxygens (including phenoxy) is 1. The number of rotatable bonds is 8. The van der Waals surface area contributed by atoms with Gasteiger partial charge in [0.2, 0.25) is 0 Å². The van der Waals surface area contributed by atoms with Gasteiger partial charge in [0.05, 0.1) is 7.11 Å². The summed E-state index contributed by atoms with van der Waals surface area (Å²) in [5.41, 5.74) is 2.73. The van der Waals surface area contributed by atoms with Crippen molar-refractivity contribution in [2.45, 2.75) is 69.4 Å². The lowest BCUT2D eigenvalue weighted by Gasteiger charge is -2.51. The molecule has 2 aromatic carbocycles. The summed E-state index contributed by atoms with van der Waals surface area (Å²) in [6.45, 7) is 4.87. The molecule has 0 radical (unpaired) electrons. The third kappa shape index (κ3) is 4.69. The van der Waals surface area contributed by atoms with Crippen LogP contribution in [0.4, 0.5) is 0 Å². The van der Waals surface area contributed by atoms with Crippen LogP contribution in [0.3, 0.4) is 0 Å². The van der Waals surface area contributed by atoms with Crippen molar-refractivity contribution in [2.24, 2.45) is 0 Å². The van der Waals surface area contributed by atoms with Crippen LogP contribution < -0.4 is 4.74 Å². The quantitative estimate of drug-likeness (QED) is 0.632. The van der Waals surface area contributed by atoms with Crippen molar-refractivity contribution >= 4 is 0 Å². The summed E-state index contributed by atoms with van der Waals surface area (Å²) >= 11 is 0. The molecule has 5 heteroatoms. The molecular weight excluding hydrogens is 410 g/mol. The number of methoxy groups -OCH3 is 1. The van der Waals surface area contributed by atoms with Crippen LogP contribution in [0.5, 0.6) is 5.75 Å². The first kappa shape index (κ1) is 24.2. The lowest BCUT2D eigenvalue weighted by Crippen LogP contribution is -2.56. The fourth-order valence-electron chi connectivity index (χ4n) is 6.09. The summed E-state index contributed by atoms with van der Waals surface area (Å²) in [6, 6.07) is 19.2. The molecule has 1 heterocycles. The summed E-state index contributed by atoms with van der Waals surface area (Å²) in [5.74, 6) is 0.870. The van der Waals surface area contributed by atoms with Crippen molar-refractivity contribution in [2.75, 3.05) is 34.3 Å². The molecule has 1 unspecified atom stereocenters. The van der Waals surface area contributed by atoms with Gasteiger partial charge in [-0.15, -0.1) is 0 Å². The van der Waals surface area contributed by atoms with Gasteiger partial charge >= 0.3 is 0 Å². The number of aliphatic hydroxyl groups is 1.